The van der Waals surface area contributed by atoms with Gasteiger partial charge in [-0.1, -0.05) is 0 Å². The van der Waals surface area contributed by atoms with Crippen LogP contribution in [0.15, 0.2) is 0 Å². The van der Waals surface area contributed by atoms with Gasteiger partial charge in [-0.2, -0.15) is 0 Å². The van der Waals surface area contributed by atoms with Crippen LogP contribution in [0.1, 0.15) is 19.3 Å². The highest BCUT2D eigenvalue weighted by molar-refractivity contribution is 5.88. The quantitative estimate of drug-likeness (QED) is 0.598. The Labute approximate surface area is 84.0 Å². The van der Waals surface area contributed by atoms with E-state index in [4.69, 9.17) is 5.73 Å². The maximum Gasteiger partial charge on any atom is 0.241 e. The van der Waals surface area contributed by atoms with Crippen molar-refractivity contribution in [1.29, 1.82) is 0 Å². The van der Waals surface area contributed by atoms with Gasteiger partial charge < -0.3 is 10.6 Å². The molecule has 2 unspecified atom stereocenters. The van der Waals surface area contributed by atoms with Crippen LogP contribution >= 0.6 is 0 Å². The Morgan fingerprint density at radius 3 is 2.50 bits per heavy atom. The van der Waals surface area contributed by atoms with Gasteiger partial charge in [0.15, 0.2) is 0 Å². The molecule has 0 bridgehead atoms. The lowest BCUT2D eigenvalue weighted by atomic mass is 10.0. The van der Waals surface area contributed by atoms with Gasteiger partial charge >= 0.3 is 0 Å². The predicted molar refractivity (Wildman–Crippen MR) is 52.7 cm³/mol. The lowest BCUT2D eigenvalue weighted by Crippen LogP contribution is -2.64. The molecule has 1 amide bonds. The van der Waals surface area contributed by atoms with Crippen LogP contribution < -0.4 is 5.73 Å². The minimum absolute atomic E-state index is 0.160. The van der Waals surface area contributed by atoms with E-state index >= 15 is 0 Å². The number of nitrogens with zero attached hydrogens (tertiary/aromatic N) is 2. The van der Waals surface area contributed by atoms with Gasteiger partial charge in [-0.05, 0) is 19.3 Å². The molecule has 3 rings (SSSR count). The van der Waals surface area contributed by atoms with Crippen molar-refractivity contribution >= 4 is 5.91 Å². The third-order valence-corrected chi connectivity index (χ3v) is 3.69. The van der Waals surface area contributed by atoms with Crippen molar-refractivity contribution in [2.24, 2.45) is 5.73 Å². The highest BCUT2D eigenvalue weighted by Crippen LogP contribution is 2.32. The van der Waals surface area contributed by atoms with Crippen LogP contribution in [0.2, 0.25) is 0 Å². The van der Waals surface area contributed by atoms with Gasteiger partial charge in [-0.15, -0.1) is 0 Å². The molecule has 0 aromatic heterocycles. The second kappa shape index (κ2) is 2.94. The first-order valence-electron chi connectivity index (χ1n) is 5.56. The maximum atomic E-state index is 11.4. The highest BCUT2D eigenvalue weighted by Gasteiger charge is 2.43. The first-order valence-corrected chi connectivity index (χ1v) is 5.56. The molecule has 2 aliphatic heterocycles. The summed E-state index contributed by atoms with van der Waals surface area (Å²) in [6, 6.07) is 1.10. The minimum atomic E-state index is -0.204. The van der Waals surface area contributed by atoms with Crippen molar-refractivity contribution in [3.8, 4) is 0 Å². The van der Waals surface area contributed by atoms with Crippen LogP contribution in [-0.4, -0.2) is 53.5 Å². The molecule has 2 saturated heterocycles. The van der Waals surface area contributed by atoms with Crippen molar-refractivity contribution in [2.75, 3.05) is 19.6 Å². The zero-order valence-corrected chi connectivity index (χ0v) is 8.35. The van der Waals surface area contributed by atoms with Crippen LogP contribution in [-0.2, 0) is 4.79 Å². The van der Waals surface area contributed by atoms with E-state index in [1.807, 2.05) is 4.90 Å². The zero-order chi connectivity index (χ0) is 9.71. The van der Waals surface area contributed by atoms with E-state index < -0.39 is 0 Å². The first-order chi connectivity index (χ1) is 6.75. The standard InChI is InChI=1S/C10H17N3O/c11-9-6-13(10(9)14)8-3-4-12(5-8)7-1-2-7/h7-9H,1-6,11H2. The third kappa shape index (κ3) is 1.25. The van der Waals surface area contributed by atoms with E-state index in [2.05, 4.69) is 4.90 Å². The number of carbonyl (C=O) groups excluding carboxylic acids is 1. The van der Waals surface area contributed by atoms with Crippen molar-refractivity contribution < 1.29 is 4.79 Å². The number of nitrogens with two attached hydrogens (primary N) is 1. The summed E-state index contributed by atoms with van der Waals surface area (Å²) in [6.45, 7) is 3.04. The van der Waals surface area contributed by atoms with Crippen LogP contribution in [0.3, 0.4) is 0 Å². The Kier molecular flexibility index (Phi) is 1.82. The van der Waals surface area contributed by atoms with E-state index in [-0.39, 0.29) is 11.9 Å². The average Bonchev–Trinajstić information content (AvgIpc) is 2.94. The number of amides is 1. The largest absolute Gasteiger partial charge is 0.335 e. The number of β-lactam (4-membered cyclic amide) rings is 1. The number of hydrogen-bond acceptors (Lipinski definition) is 3. The number of rotatable bonds is 2. The van der Waals surface area contributed by atoms with Gasteiger partial charge in [-0.25, -0.2) is 0 Å². The molecule has 1 aliphatic carbocycles. The van der Waals surface area contributed by atoms with Crippen molar-refractivity contribution in [1.82, 2.24) is 9.80 Å². The molecule has 2 atom stereocenters. The summed E-state index contributed by atoms with van der Waals surface area (Å²) in [5.74, 6) is 0.160. The monoisotopic (exact) mass is 195 g/mol. The maximum absolute atomic E-state index is 11.4. The number of likely N-dealkylation sites (tertiary alicyclic amines) is 2. The summed E-state index contributed by atoms with van der Waals surface area (Å²) < 4.78 is 0. The molecular formula is C10H17N3O. The predicted octanol–water partition coefficient (Wildman–Crippen LogP) is -0.607. The Bertz CT molecular complexity index is 264. The van der Waals surface area contributed by atoms with Gasteiger partial charge in [0.1, 0.15) is 6.04 Å². The lowest BCUT2D eigenvalue weighted by molar-refractivity contribution is -0.145. The molecule has 2 N–H and O–H groups in total. The number of carbonyl (C=O) groups is 1. The molecule has 3 fully saturated rings. The van der Waals surface area contributed by atoms with Gasteiger partial charge in [0.05, 0.1) is 0 Å². The SMILES string of the molecule is NC1CN(C2CCN(C3CC3)C2)C1=O. The van der Waals surface area contributed by atoms with E-state index in [1.54, 1.807) is 0 Å². The van der Waals surface area contributed by atoms with Gasteiger partial charge in [0, 0.05) is 31.7 Å². The van der Waals surface area contributed by atoms with E-state index in [0.717, 1.165) is 25.6 Å². The van der Waals surface area contributed by atoms with Crippen molar-refractivity contribution in [2.45, 2.75) is 37.4 Å². The van der Waals surface area contributed by atoms with E-state index in [0.29, 0.717) is 6.04 Å². The molecular weight excluding hydrogens is 178 g/mol. The fraction of sp³-hybridized carbons (Fsp3) is 0.900. The van der Waals surface area contributed by atoms with E-state index in [9.17, 15) is 4.79 Å². The van der Waals surface area contributed by atoms with Crippen LogP contribution in [0.4, 0.5) is 0 Å². The zero-order valence-electron chi connectivity index (χ0n) is 8.35. The van der Waals surface area contributed by atoms with Gasteiger partial charge in [0.25, 0.3) is 0 Å². The second-order valence-corrected chi connectivity index (χ2v) is 4.77. The Morgan fingerprint density at radius 1 is 1.14 bits per heavy atom. The summed E-state index contributed by atoms with van der Waals surface area (Å²) in [7, 11) is 0. The fourth-order valence-electron chi connectivity index (χ4n) is 2.60. The summed E-state index contributed by atoms with van der Waals surface area (Å²) in [5, 5.41) is 0. The summed E-state index contributed by atoms with van der Waals surface area (Å²) in [4.78, 5) is 15.9. The Hall–Kier alpha value is -0.610. The molecule has 3 aliphatic rings. The highest BCUT2D eigenvalue weighted by atomic mass is 16.2. The molecule has 0 aromatic carbocycles. The molecule has 0 radical (unpaired) electrons. The third-order valence-electron chi connectivity index (χ3n) is 3.69. The summed E-state index contributed by atoms with van der Waals surface area (Å²) in [5.41, 5.74) is 5.58. The topological polar surface area (TPSA) is 49.6 Å². The molecule has 1 saturated carbocycles. The van der Waals surface area contributed by atoms with Crippen molar-refractivity contribution in [3.05, 3.63) is 0 Å². The average molecular weight is 195 g/mol. The second-order valence-electron chi connectivity index (χ2n) is 4.77. The molecule has 78 valence electrons. The van der Waals surface area contributed by atoms with E-state index in [1.165, 1.54) is 19.4 Å². The van der Waals surface area contributed by atoms with Crippen molar-refractivity contribution in [3.63, 3.8) is 0 Å². The molecule has 2 heterocycles. The fourth-order valence-corrected chi connectivity index (χ4v) is 2.60. The Balaban J connectivity index is 1.57. The summed E-state index contributed by atoms with van der Waals surface area (Å²) in [6.07, 6.45) is 3.87. The minimum Gasteiger partial charge on any atom is -0.335 e. The smallest absolute Gasteiger partial charge is 0.241 e. The molecule has 4 heteroatoms. The van der Waals surface area contributed by atoms with Gasteiger partial charge in [0.2, 0.25) is 5.91 Å². The van der Waals surface area contributed by atoms with Gasteiger partial charge in [-0.3, -0.25) is 9.69 Å². The normalized spacial score (nSPS) is 38.9. The lowest BCUT2D eigenvalue weighted by Gasteiger charge is -2.40. The van der Waals surface area contributed by atoms with Crippen LogP contribution in [0.5, 0.6) is 0 Å². The number of hydrogen-bond donors (Lipinski definition) is 1. The van der Waals surface area contributed by atoms with Crippen LogP contribution in [0, 0.1) is 0 Å². The molecule has 4 nitrogen and oxygen atoms in total. The first kappa shape index (κ1) is 8.68. The van der Waals surface area contributed by atoms with Crippen LogP contribution in [0.25, 0.3) is 0 Å². The Morgan fingerprint density at radius 2 is 1.93 bits per heavy atom. The summed E-state index contributed by atoms with van der Waals surface area (Å²) >= 11 is 0. The molecule has 0 aromatic rings. The molecule has 14 heavy (non-hydrogen) atoms. The molecule has 0 spiro atoms.